The maximum absolute atomic E-state index is 14.0. The van der Waals surface area contributed by atoms with Crippen molar-refractivity contribution >= 4 is 53.9 Å². The van der Waals surface area contributed by atoms with E-state index in [-0.39, 0.29) is 35.8 Å². The van der Waals surface area contributed by atoms with Crippen molar-refractivity contribution in [1.82, 2.24) is 24.6 Å². The van der Waals surface area contributed by atoms with Crippen LogP contribution in [0.5, 0.6) is 11.5 Å². The SMILES string of the molecule is CC(C)c1ccccc1[C@@H]1CCCN1C1CC2(CCN(c3ccc(C(=O)NS(=O)(=O)c4cnc(NCC5CCC(N=S6(=O)CCCC6)CO5)c([N+](=O)[O-])c4)c(Oc4cnc5[nH]ccc5c4)c3)CC2)C1. The first-order chi connectivity index (χ1) is 33.2. The molecule has 2 aromatic carbocycles. The number of nitrogens with one attached hydrogen (secondary N) is 3. The second-order valence-electron chi connectivity index (χ2n) is 19.9. The van der Waals surface area contributed by atoms with Gasteiger partial charge in [0.25, 0.3) is 15.9 Å². The lowest BCUT2D eigenvalue weighted by atomic mass is 9.59. The second-order valence-corrected chi connectivity index (χ2v) is 24.1. The highest BCUT2D eigenvalue weighted by molar-refractivity contribution is 7.93. The van der Waals surface area contributed by atoms with Crippen LogP contribution in [0.15, 0.2) is 88.5 Å². The van der Waals surface area contributed by atoms with E-state index in [0.717, 1.165) is 68.7 Å². The van der Waals surface area contributed by atoms with E-state index in [0.29, 0.717) is 65.8 Å². The molecular formula is C50H61N9O8S2. The van der Waals surface area contributed by atoms with E-state index in [1.807, 2.05) is 6.07 Å². The predicted octanol–water partition coefficient (Wildman–Crippen LogP) is 8.71. The molecule has 3 N–H and O–H groups in total. The van der Waals surface area contributed by atoms with Crippen molar-refractivity contribution in [2.75, 3.05) is 54.5 Å². The van der Waals surface area contributed by atoms with E-state index in [1.54, 1.807) is 30.5 Å². The molecule has 17 nitrogen and oxygen atoms in total. The zero-order valence-corrected chi connectivity index (χ0v) is 40.8. The number of rotatable bonds is 14. The van der Waals surface area contributed by atoms with E-state index in [9.17, 15) is 27.5 Å². The van der Waals surface area contributed by atoms with Crippen LogP contribution in [0.25, 0.3) is 11.0 Å². The molecule has 5 aromatic rings. The number of pyridine rings is 2. The first-order valence-electron chi connectivity index (χ1n) is 24.4. The molecule has 5 aliphatic rings. The average molecular weight is 980 g/mol. The van der Waals surface area contributed by atoms with Gasteiger partial charge in [-0.1, -0.05) is 38.1 Å². The number of aromatic amines is 1. The number of likely N-dealkylation sites (tertiary alicyclic amines) is 1. The molecule has 69 heavy (non-hydrogen) atoms. The van der Waals surface area contributed by atoms with E-state index in [2.05, 4.69) is 77.3 Å². The van der Waals surface area contributed by atoms with Crippen LogP contribution in [0.2, 0.25) is 0 Å². The minimum absolute atomic E-state index is 0.0515. The Morgan fingerprint density at radius 1 is 1.01 bits per heavy atom. The first kappa shape index (κ1) is 47.1. The molecule has 1 aliphatic carbocycles. The van der Waals surface area contributed by atoms with Crippen LogP contribution in [0, 0.1) is 15.5 Å². The van der Waals surface area contributed by atoms with Crippen molar-refractivity contribution in [3.05, 3.63) is 106 Å². The third kappa shape index (κ3) is 10.1. The Bertz CT molecular complexity index is 2950. The normalized spacial score (nSPS) is 22.7. The van der Waals surface area contributed by atoms with Gasteiger partial charge in [0, 0.05) is 82.4 Å². The van der Waals surface area contributed by atoms with Crippen LogP contribution >= 0.6 is 0 Å². The van der Waals surface area contributed by atoms with Crippen LogP contribution in [-0.2, 0) is 24.5 Å². The smallest absolute Gasteiger partial charge is 0.312 e. The number of sulfonamides is 1. The summed E-state index contributed by atoms with van der Waals surface area (Å²) in [5, 5.41) is 16.0. The highest BCUT2D eigenvalue weighted by Gasteiger charge is 2.50. The summed E-state index contributed by atoms with van der Waals surface area (Å²) in [6, 6.07) is 19.5. The number of hydrogen-bond donors (Lipinski definition) is 3. The molecule has 3 atom stereocenters. The molecule has 0 radical (unpaired) electrons. The number of benzene rings is 2. The highest BCUT2D eigenvalue weighted by Crippen LogP contribution is 2.54. The van der Waals surface area contributed by atoms with Gasteiger partial charge in [0.2, 0.25) is 5.82 Å². The van der Waals surface area contributed by atoms with E-state index < -0.39 is 41.2 Å². The topological polar surface area (TPSA) is 214 Å². The van der Waals surface area contributed by atoms with E-state index >= 15 is 0 Å². The van der Waals surface area contributed by atoms with Gasteiger partial charge in [-0.05, 0) is 117 Å². The Morgan fingerprint density at radius 2 is 1.81 bits per heavy atom. The lowest BCUT2D eigenvalue weighted by Gasteiger charge is -2.56. The molecule has 5 fully saturated rings. The molecule has 7 heterocycles. The lowest BCUT2D eigenvalue weighted by Crippen LogP contribution is -2.54. The monoisotopic (exact) mass is 979 g/mol. The molecule has 0 bridgehead atoms. The lowest BCUT2D eigenvalue weighted by molar-refractivity contribution is -0.384. The number of nitro groups is 1. The van der Waals surface area contributed by atoms with Gasteiger partial charge in [0.1, 0.15) is 22.0 Å². The van der Waals surface area contributed by atoms with Crippen LogP contribution in [-0.4, -0.2) is 106 Å². The molecule has 2 unspecified atom stereocenters. The fourth-order valence-corrected chi connectivity index (χ4v) is 14.6. The minimum Gasteiger partial charge on any atom is -0.455 e. The van der Waals surface area contributed by atoms with Crippen LogP contribution < -0.4 is 19.7 Å². The minimum atomic E-state index is -4.66. The number of carbonyl (C=O) groups excluding carboxylic acids is 1. The van der Waals surface area contributed by atoms with Crippen molar-refractivity contribution in [2.45, 2.75) is 113 Å². The number of aromatic nitrogens is 3. The number of amides is 1. The van der Waals surface area contributed by atoms with E-state index in [4.69, 9.17) is 9.47 Å². The zero-order chi connectivity index (χ0) is 47.9. The Balaban J connectivity index is 0.811. The van der Waals surface area contributed by atoms with Gasteiger partial charge in [-0.2, -0.15) is 0 Å². The summed E-state index contributed by atoms with van der Waals surface area (Å²) < 4.78 is 59.5. The summed E-state index contributed by atoms with van der Waals surface area (Å²) in [7, 11) is -6.83. The first-order valence-corrected chi connectivity index (χ1v) is 27.7. The number of nitrogens with zero attached hydrogens (tertiary/aromatic N) is 6. The van der Waals surface area contributed by atoms with Crippen molar-refractivity contribution in [3.63, 3.8) is 0 Å². The quantitative estimate of drug-likeness (QED) is 0.0702. The summed E-state index contributed by atoms with van der Waals surface area (Å²) in [6.45, 7) is 7.84. The number of anilines is 2. The van der Waals surface area contributed by atoms with Crippen molar-refractivity contribution < 1.29 is 31.8 Å². The molecule has 1 saturated carbocycles. The number of fused-ring (bicyclic) bond motifs is 1. The van der Waals surface area contributed by atoms with Gasteiger partial charge in [-0.3, -0.25) is 19.8 Å². The molecule has 10 rings (SSSR count). The van der Waals surface area contributed by atoms with Gasteiger partial charge in [0.05, 0.1) is 41.6 Å². The van der Waals surface area contributed by atoms with Gasteiger partial charge < -0.3 is 24.7 Å². The molecule has 19 heteroatoms. The molecule has 1 amide bonds. The summed E-state index contributed by atoms with van der Waals surface area (Å²) in [6.07, 6.45) is 14.0. The third-order valence-electron chi connectivity index (χ3n) is 15.0. The molecule has 4 aliphatic heterocycles. The Labute approximate surface area is 403 Å². The van der Waals surface area contributed by atoms with Crippen molar-refractivity contribution in [3.8, 4) is 11.5 Å². The fraction of sp³-hybridized carbons (Fsp3) is 0.500. The molecule has 1 spiro atoms. The van der Waals surface area contributed by atoms with Crippen LogP contribution in [0.1, 0.15) is 112 Å². The highest BCUT2D eigenvalue weighted by atomic mass is 32.2. The average Bonchev–Trinajstić information content (AvgIpc) is 4.12. The largest absolute Gasteiger partial charge is 0.455 e. The standard InChI is InChI=1S/C50H61N9O8S2/c1-33(2)41-8-3-4-9-42(41)44-10-7-19-58(44)37-27-50(28-37)16-20-57(21-17-50)36-12-14-43(46(25-36)67-39-24-34-15-18-51-47(34)52-30-39)49(60)56-69(64,65)40-26-45(59(61)62)48(54-31-40)53-29-38-13-11-35(32-66-38)55-68(63)22-5-6-23-68/h3-4,8-9,12,14-15,18,24-26,30-31,33,35,37-38,44H,5-7,10-11,13,16-17,19-23,27-29,32H2,1-2H3,(H,51,52)(H,53,54)(H,56,60)/t35?,38?,44-/m0/s1. The second kappa shape index (κ2) is 19.3. The van der Waals surface area contributed by atoms with Gasteiger partial charge in [-0.25, -0.2) is 31.7 Å². The summed E-state index contributed by atoms with van der Waals surface area (Å²) in [4.78, 5) is 41.7. The maximum Gasteiger partial charge on any atom is 0.312 e. The number of piperidine rings is 1. The summed E-state index contributed by atoms with van der Waals surface area (Å²) >= 11 is 0. The number of H-pyrrole nitrogens is 1. The number of hydrogen-bond acceptors (Lipinski definition) is 14. The Hall–Kier alpha value is -5.63. The summed E-state index contributed by atoms with van der Waals surface area (Å²) in [5.41, 5.74) is 4.10. The maximum atomic E-state index is 14.0. The van der Waals surface area contributed by atoms with Gasteiger partial charge >= 0.3 is 5.69 Å². The van der Waals surface area contributed by atoms with Crippen LogP contribution in [0.3, 0.4) is 0 Å². The number of ether oxygens (including phenoxy) is 2. The van der Waals surface area contributed by atoms with Gasteiger partial charge in [0.15, 0.2) is 0 Å². The third-order valence-corrected chi connectivity index (χ3v) is 18.9. The van der Waals surface area contributed by atoms with Crippen LogP contribution in [0.4, 0.5) is 17.2 Å². The number of carbonyl (C=O) groups is 1. The Kier molecular flexibility index (Phi) is 13.2. The van der Waals surface area contributed by atoms with Crippen molar-refractivity contribution in [2.24, 2.45) is 9.78 Å². The fourth-order valence-electron chi connectivity index (χ4n) is 11.3. The predicted molar refractivity (Wildman–Crippen MR) is 265 cm³/mol. The molecule has 366 valence electrons. The summed E-state index contributed by atoms with van der Waals surface area (Å²) in [5.74, 6) is 1.09. The van der Waals surface area contributed by atoms with E-state index in [1.165, 1.54) is 43.0 Å². The Morgan fingerprint density at radius 3 is 2.57 bits per heavy atom. The van der Waals surface area contributed by atoms with Crippen molar-refractivity contribution in [1.29, 1.82) is 0 Å². The molecule has 3 aromatic heterocycles. The van der Waals surface area contributed by atoms with Gasteiger partial charge in [-0.15, -0.1) is 0 Å². The molecule has 4 saturated heterocycles. The zero-order valence-electron chi connectivity index (χ0n) is 39.2. The molecular weight excluding hydrogens is 919 g/mol.